The molecule has 0 aliphatic carbocycles. The van der Waals surface area contributed by atoms with Gasteiger partial charge in [-0.25, -0.2) is 4.68 Å². The summed E-state index contributed by atoms with van der Waals surface area (Å²) in [6.07, 6.45) is 3.37. The van der Waals surface area contributed by atoms with Crippen LogP contribution in [-0.4, -0.2) is 44.0 Å². The van der Waals surface area contributed by atoms with Crippen LogP contribution < -0.4 is 5.32 Å². The van der Waals surface area contributed by atoms with Crippen LogP contribution in [0.15, 0.2) is 18.5 Å². The molecule has 7 nitrogen and oxygen atoms in total. The Morgan fingerprint density at radius 2 is 2.16 bits per heavy atom. The highest BCUT2D eigenvalue weighted by Gasteiger charge is 2.17. The highest BCUT2D eigenvalue weighted by atomic mass is 35.5. The van der Waals surface area contributed by atoms with E-state index < -0.39 is 0 Å². The number of methoxy groups -OCH3 is 1. The van der Waals surface area contributed by atoms with Crippen molar-refractivity contribution >= 4 is 17.5 Å². The van der Waals surface area contributed by atoms with Gasteiger partial charge in [0, 0.05) is 26.0 Å². The molecule has 0 fully saturated rings. The standard InChI is InChI=1S/C11H15ClN6O/c1-11(2,19-3)7-13-9-15-8(12)16-10(17-9)18-6-4-5-14-18/h4-6H,7H2,1-3H3,(H,13,15,16,17). The maximum absolute atomic E-state index is 5.88. The average molecular weight is 283 g/mol. The summed E-state index contributed by atoms with van der Waals surface area (Å²) >= 11 is 5.88. The molecule has 102 valence electrons. The maximum atomic E-state index is 5.88. The Kier molecular flexibility index (Phi) is 3.96. The molecular weight excluding hydrogens is 268 g/mol. The van der Waals surface area contributed by atoms with E-state index in [2.05, 4.69) is 25.4 Å². The number of hydrogen-bond donors (Lipinski definition) is 1. The number of ether oxygens (including phenoxy) is 1. The highest BCUT2D eigenvalue weighted by Crippen LogP contribution is 2.12. The van der Waals surface area contributed by atoms with E-state index in [1.54, 1.807) is 25.6 Å². The van der Waals surface area contributed by atoms with Gasteiger partial charge >= 0.3 is 0 Å². The van der Waals surface area contributed by atoms with Gasteiger partial charge in [0.1, 0.15) is 0 Å². The first-order valence-corrected chi connectivity index (χ1v) is 6.08. The van der Waals surface area contributed by atoms with Crippen LogP contribution in [0.2, 0.25) is 5.28 Å². The van der Waals surface area contributed by atoms with Crippen molar-refractivity contribution in [3.63, 3.8) is 0 Å². The Hall–Kier alpha value is -1.73. The number of hydrogen-bond acceptors (Lipinski definition) is 6. The number of halogens is 1. The first-order chi connectivity index (χ1) is 9.00. The molecule has 0 spiro atoms. The summed E-state index contributed by atoms with van der Waals surface area (Å²) in [7, 11) is 1.65. The van der Waals surface area contributed by atoms with Gasteiger partial charge in [-0.3, -0.25) is 0 Å². The van der Waals surface area contributed by atoms with Crippen LogP contribution in [-0.2, 0) is 4.74 Å². The van der Waals surface area contributed by atoms with Gasteiger partial charge in [-0.15, -0.1) is 0 Å². The van der Waals surface area contributed by atoms with Crippen LogP contribution >= 0.6 is 11.6 Å². The smallest absolute Gasteiger partial charge is 0.256 e. The molecule has 0 atom stereocenters. The van der Waals surface area contributed by atoms with Gasteiger partial charge < -0.3 is 10.1 Å². The van der Waals surface area contributed by atoms with E-state index in [0.717, 1.165) is 0 Å². The van der Waals surface area contributed by atoms with Crippen molar-refractivity contribution in [3.8, 4) is 5.95 Å². The highest BCUT2D eigenvalue weighted by molar-refractivity contribution is 6.28. The molecule has 0 saturated carbocycles. The minimum Gasteiger partial charge on any atom is -0.377 e. The molecule has 8 heteroatoms. The van der Waals surface area contributed by atoms with E-state index in [-0.39, 0.29) is 10.9 Å². The molecule has 0 bridgehead atoms. The molecule has 0 aromatic carbocycles. The van der Waals surface area contributed by atoms with Gasteiger partial charge in [-0.05, 0) is 31.5 Å². The molecule has 1 N–H and O–H groups in total. The fraction of sp³-hybridized carbons (Fsp3) is 0.455. The SMILES string of the molecule is COC(C)(C)CNc1nc(Cl)nc(-n2cccn2)n1. The van der Waals surface area contributed by atoms with Gasteiger partial charge in [0.15, 0.2) is 0 Å². The minimum atomic E-state index is -0.328. The van der Waals surface area contributed by atoms with Crippen molar-refractivity contribution in [1.82, 2.24) is 24.7 Å². The fourth-order valence-electron chi connectivity index (χ4n) is 1.27. The molecule has 0 aliphatic heterocycles. The van der Waals surface area contributed by atoms with E-state index in [1.165, 1.54) is 4.68 Å². The Balaban J connectivity index is 2.18. The van der Waals surface area contributed by atoms with Crippen molar-refractivity contribution < 1.29 is 4.74 Å². The largest absolute Gasteiger partial charge is 0.377 e. The lowest BCUT2D eigenvalue weighted by Crippen LogP contribution is -2.32. The Labute approximate surface area is 116 Å². The molecule has 0 unspecified atom stereocenters. The molecule has 0 amide bonds. The minimum absolute atomic E-state index is 0.109. The van der Waals surface area contributed by atoms with Crippen LogP contribution in [0.1, 0.15) is 13.8 Å². The quantitative estimate of drug-likeness (QED) is 0.896. The van der Waals surface area contributed by atoms with Crippen molar-refractivity contribution in [2.24, 2.45) is 0 Å². The number of anilines is 1. The zero-order valence-corrected chi connectivity index (χ0v) is 11.7. The van der Waals surface area contributed by atoms with E-state index in [0.29, 0.717) is 18.4 Å². The van der Waals surface area contributed by atoms with E-state index in [4.69, 9.17) is 16.3 Å². The average Bonchev–Trinajstić information content (AvgIpc) is 2.90. The Morgan fingerprint density at radius 3 is 2.79 bits per heavy atom. The third kappa shape index (κ3) is 3.62. The van der Waals surface area contributed by atoms with E-state index >= 15 is 0 Å². The number of rotatable bonds is 5. The van der Waals surface area contributed by atoms with E-state index in [9.17, 15) is 0 Å². The number of nitrogens with zero attached hydrogens (tertiary/aromatic N) is 5. The van der Waals surface area contributed by atoms with Crippen LogP contribution in [0.5, 0.6) is 0 Å². The van der Waals surface area contributed by atoms with Crippen LogP contribution in [0.4, 0.5) is 5.95 Å². The van der Waals surface area contributed by atoms with Crippen molar-refractivity contribution in [1.29, 1.82) is 0 Å². The van der Waals surface area contributed by atoms with Crippen molar-refractivity contribution in [2.75, 3.05) is 19.0 Å². The van der Waals surface area contributed by atoms with Crippen molar-refractivity contribution in [2.45, 2.75) is 19.4 Å². The monoisotopic (exact) mass is 282 g/mol. The summed E-state index contributed by atoms with van der Waals surface area (Å²) in [5, 5.41) is 7.22. The predicted molar refractivity (Wildman–Crippen MR) is 71.5 cm³/mol. The molecule has 2 aromatic rings. The number of aromatic nitrogens is 5. The molecule has 0 aliphatic rings. The summed E-state index contributed by atoms with van der Waals surface area (Å²) in [5.41, 5.74) is -0.328. The zero-order chi connectivity index (χ0) is 13.9. The fourth-order valence-corrected chi connectivity index (χ4v) is 1.43. The van der Waals surface area contributed by atoms with Crippen LogP contribution in [0, 0.1) is 0 Å². The zero-order valence-electron chi connectivity index (χ0n) is 11.0. The third-order valence-corrected chi connectivity index (χ3v) is 2.70. The van der Waals surface area contributed by atoms with Gasteiger partial charge in [0.05, 0.1) is 5.60 Å². The van der Waals surface area contributed by atoms with Gasteiger partial charge in [-0.2, -0.15) is 20.1 Å². The summed E-state index contributed by atoms with van der Waals surface area (Å²) in [6, 6.07) is 1.78. The first kappa shape index (κ1) is 13.7. The second-order valence-electron chi connectivity index (χ2n) is 4.50. The number of nitrogens with one attached hydrogen (secondary N) is 1. The normalized spacial score (nSPS) is 11.6. The third-order valence-electron chi connectivity index (χ3n) is 2.53. The molecule has 2 heterocycles. The Bertz CT molecular complexity index is 542. The second kappa shape index (κ2) is 5.50. The van der Waals surface area contributed by atoms with Crippen molar-refractivity contribution in [3.05, 3.63) is 23.7 Å². The van der Waals surface area contributed by atoms with Crippen LogP contribution in [0.25, 0.3) is 5.95 Å². The first-order valence-electron chi connectivity index (χ1n) is 5.71. The molecule has 19 heavy (non-hydrogen) atoms. The van der Waals surface area contributed by atoms with Gasteiger partial charge in [0.25, 0.3) is 5.95 Å². The van der Waals surface area contributed by atoms with Crippen LogP contribution in [0.3, 0.4) is 0 Å². The topological polar surface area (TPSA) is 77.8 Å². The summed E-state index contributed by atoms with van der Waals surface area (Å²) in [4.78, 5) is 12.3. The van der Waals surface area contributed by atoms with E-state index in [1.807, 2.05) is 13.8 Å². The lowest BCUT2D eigenvalue weighted by atomic mass is 10.1. The Morgan fingerprint density at radius 1 is 1.37 bits per heavy atom. The second-order valence-corrected chi connectivity index (χ2v) is 4.83. The molecule has 0 radical (unpaired) electrons. The molecular formula is C11H15ClN6O. The lowest BCUT2D eigenvalue weighted by molar-refractivity contribution is 0.0342. The summed E-state index contributed by atoms with van der Waals surface area (Å²) < 4.78 is 6.82. The maximum Gasteiger partial charge on any atom is 0.256 e. The molecule has 2 aromatic heterocycles. The summed E-state index contributed by atoms with van der Waals surface area (Å²) in [5.74, 6) is 0.748. The predicted octanol–water partition coefficient (Wildman–Crippen LogP) is 1.55. The molecule has 2 rings (SSSR count). The lowest BCUT2D eigenvalue weighted by Gasteiger charge is -2.23. The van der Waals surface area contributed by atoms with Gasteiger partial charge in [-0.1, -0.05) is 0 Å². The van der Waals surface area contributed by atoms with Gasteiger partial charge in [0.2, 0.25) is 11.2 Å². The summed E-state index contributed by atoms with van der Waals surface area (Å²) in [6.45, 7) is 4.46. The molecule has 0 saturated heterocycles.